The standard InChI is InChI=1S/C28H29FN6O2/c1-18-6-4-7-20-8-5-9-24(25(18)20)33-13-11-22-23(17-33)31-28(37-3)32-26(22)34-14-15-35(27(36)19(2)29)21(16-34)10-12-30/h4-9,21H,2,10-11,13-17H2,1,3H3/t21-/m0/s1. The lowest BCUT2D eigenvalue weighted by atomic mass is 9.99. The van der Waals surface area contributed by atoms with Crippen molar-refractivity contribution in [2.75, 3.05) is 43.1 Å². The topological polar surface area (TPSA) is 85.6 Å². The lowest BCUT2D eigenvalue weighted by Crippen LogP contribution is -2.55. The van der Waals surface area contributed by atoms with Gasteiger partial charge in [0.25, 0.3) is 5.91 Å². The third kappa shape index (κ3) is 4.55. The zero-order chi connectivity index (χ0) is 26.1. The van der Waals surface area contributed by atoms with Crippen LogP contribution in [0.2, 0.25) is 0 Å². The number of aromatic nitrogens is 2. The van der Waals surface area contributed by atoms with Gasteiger partial charge in [-0.1, -0.05) is 36.9 Å². The molecular formula is C28H29FN6O2. The average Bonchev–Trinajstić information content (AvgIpc) is 2.91. The number of aryl methyl sites for hydroxylation is 1. The molecule has 2 aliphatic heterocycles. The largest absolute Gasteiger partial charge is 0.467 e. The van der Waals surface area contributed by atoms with Crippen molar-refractivity contribution in [2.24, 2.45) is 0 Å². The molecule has 1 aromatic heterocycles. The summed E-state index contributed by atoms with van der Waals surface area (Å²) >= 11 is 0. The molecule has 3 heterocycles. The van der Waals surface area contributed by atoms with E-state index in [1.54, 1.807) is 7.11 Å². The highest BCUT2D eigenvalue weighted by atomic mass is 19.1. The van der Waals surface area contributed by atoms with E-state index in [0.29, 0.717) is 19.6 Å². The van der Waals surface area contributed by atoms with Crippen molar-refractivity contribution in [3.63, 3.8) is 0 Å². The Labute approximate surface area is 215 Å². The molecular weight excluding hydrogens is 471 g/mol. The van der Waals surface area contributed by atoms with Crippen LogP contribution in [0.15, 0.2) is 48.8 Å². The number of rotatable bonds is 5. The lowest BCUT2D eigenvalue weighted by molar-refractivity contribution is -0.131. The summed E-state index contributed by atoms with van der Waals surface area (Å²) in [5, 5.41) is 11.8. The molecule has 1 saturated heterocycles. The zero-order valence-corrected chi connectivity index (χ0v) is 21.1. The Balaban J connectivity index is 1.48. The van der Waals surface area contributed by atoms with Crippen LogP contribution in [0.5, 0.6) is 6.01 Å². The quantitative estimate of drug-likeness (QED) is 0.491. The second-order valence-corrected chi connectivity index (χ2v) is 9.45. The van der Waals surface area contributed by atoms with Gasteiger partial charge in [0.15, 0.2) is 5.83 Å². The van der Waals surface area contributed by atoms with E-state index >= 15 is 0 Å². The van der Waals surface area contributed by atoms with E-state index in [-0.39, 0.29) is 19.0 Å². The molecule has 9 heteroatoms. The predicted molar refractivity (Wildman–Crippen MR) is 140 cm³/mol. The molecule has 1 fully saturated rings. The van der Waals surface area contributed by atoms with E-state index in [1.807, 2.05) is 0 Å². The van der Waals surface area contributed by atoms with Crippen LogP contribution < -0.4 is 14.5 Å². The minimum absolute atomic E-state index is 0.0914. The van der Waals surface area contributed by atoms with Gasteiger partial charge in [-0.15, -0.1) is 0 Å². The fourth-order valence-electron chi connectivity index (χ4n) is 5.47. The summed E-state index contributed by atoms with van der Waals surface area (Å²) < 4.78 is 19.1. The number of benzene rings is 2. The number of carbonyl (C=O) groups is 1. The first-order chi connectivity index (χ1) is 17.9. The molecule has 0 spiro atoms. The van der Waals surface area contributed by atoms with E-state index in [0.717, 1.165) is 30.0 Å². The molecule has 0 saturated carbocycles. The number of piperazine rings is 1. The van der Waals surface area contributed by atoms with Crippen molar-refractivity contribution in [3.8, 4) is 12.1 Å². The van der Waals surface area contributed by atoms with Crippen LogP contribution in [0, 0.1) is 18.3 Å². The number of nitriles is 1. The van der Waals surface area contributed by atoms with Gasteiger partial charge in [-0.25, -0.2) is 4.39 Å². The molecule has 2 aliphatic rings. The highest BCUT2D eigenvalue weighted by molar-refractivity contribution is 5.97. The fraction of sp³-hybridized carbons (Fsp3) is 0.357. The van der Waals surface area contributed by atoms with Crippen LogP contribution in [0.1, 0.15) is 23.2 Å². The first-order valence-corrected chi connectivity index (χ1v) is 12.4. The monoisotopic (exact) mass is 500 g/mol. The van der Waals surface area contributed by atoms with Gasteiger partial charge < -0.3 is 19.4 Å². The number of amides is 1. The summed E-state index contributed by atoms with van der Waals surface area (Å²) in [6.45, 7) is 7.78. The van der Waals surface area contributed by atoms with Gasteiger partial charge in [-0.05, 0) is 30.4 Å². The smallest absolute Gasteiger partial charge is 0.318 e. The second kappa shape index (κ2) is 10.1. The Kier molecular flexibility index (Phi) is 6.66. The Bertz CT molecular complexity index is 1410. The van der Waals surface area contributed by atoms with Crippen LogP contribution in [-0.2, 0) is 17.8 Å². The molecule has 1 atom stereocenters. The molecule has 0 aliphatic carbocycles. The van der Waals surface area contributed by atoms with Crippen molar-refractivity contribution in [1.29, 1.82) is 5.26 Å². The molecule has 2 aromatic carbocycles. The third-order valence-corrected chi connectivity index (χ3v) is 7.24. The fourth-order valence-corrected chi connectivity index (χ4v) is 5.47. The number of fused-ring (bicyclic) bond motifs is 2. The van der Waals surface area contributed by atoms with Crippen LogP contribution in [0.25, 0.3) is 10.8 Å². The van der Waals surface area contributed by atoms with E-state index in [2.05, 4.69) is 70.8 Å². The van der Waals surface area contributed by atoms with Crippen LogP contribution in [0.3, 0.4) is 0 Å². The summed E-state index contributed by atoms with van der Waals surface area (Å²) in [5.74, 6) is -1.02. The van der Waals surface area contributed by atoms with Crippen molar-refractivity contribution in [1.82, 2.24) is 14.9 Å². The third-order valence-electron chi connectivity index (χ3n) is 7.24. The first-order valence-electron chi connectivity index (χ1n) is 12.4. The van der Waals surface area contributed by atoms with Gasteiger partial charge in [0.1, 0.15) is 5.82 Å². The van der Waals surface area contributed by atoms with Gasteiger partial charge in [0.05, 0.1) is 37.9 Å². The van der Waals surface area contributed by atoms with Gasteiger partial charge in [0, 0.05) is 42.8 Å². The molecule has 0 bridgehead atoms. The van der Waals surface area contributed by atoms with Gasteiger partial charge >= 0.3 is 6.01 Å². The molecule has 37 heavy (non-hydrogen) atoms. The van der Waals surface area contributed by atoms with Gasteiger partial charge in [-0.3, -0.25) is 4.79 Å². The molecule has 3 aromatic rings. The molecule has 0 N–H and O–H groups in total. The van der Waals surface area contributed by atoms with E-state index in [4.69, 9.17) is 9.72 Å². The van der Waals surface area contributed by atoms with E-state index in [1.165, 1.54) is 26.9 Å². The Morgan fingerprint density at radius 1 is 1.19 bits per heavy atom. The summed E-state index contributed by atoms with van der Waals surface area (Å²) in [4.78, 5) is 27.5. The van der Waals surface area contributed by atoms with Crippen LogP contribution in [0.4, 0.5) is 15.9 Å². The van der Waals surface area contributed by atoms with Crippen molar-refractivity contribution in [3.05, 3.63) is 65.6 Å². The van der Waals surface area contributed by atoms with Gasteiger partial charge in [0.2, 0.25) is 0 Å². The lowest BCUT2D eigenvalue weighted by Gasteiger charge is -2.42. The van der Waals surface area contributed by atoms with Gasteiger partial charge in [-0.2, -0.15) is 15.2 Å². The number of nitrogens with zero attached hydrogens (tertiary/aromatic N) is 6. The zero-order valence-electron chi connectivity index (χ0n) is 21.1. The van der Waals surface area contributed by atoms with Crippen molar-refractivity contribution < 1.29 is 13.9 Å². The Morgan fingerprint density at radius 2 is 1.97 bits per heavy atom. The number of methoxy groups -OCH3 is 1. The highest BCUT2D eigenvalue weighted by Crippen LogP contribution is 2.35. The van der Waals surface area contributed by atoms with Crippen molar-refractivity contribution in [2.45, 2.75) is 32.4 Å². The highest BCUT2D eigenvalue weighted by Gasteiger charge is 2.34. The summed E-state index contributed by atoms with van der Waals surface area (Å²) in [6, 6.07) is 14.6. The number of anilines is 2. The second-order valence-electron chi connectivity index (χ2n) is 9.45. The van der Waals surface area contributed by atoms with Crippen LogP contribution in [-0.4, -0.2) is 60.1 Å². The molecule has 190 valence electrons. The van der Waals surface area contributed by atoms with Crippen LogP contribution >= 0.6 is 0 Å². The maximum atomic E-state index is 13.6. The normalized spacial score (nSPS) is 17.4. The molecule has 5 rings (SSSR count). The predicted octanol–water partition coefficient (Wildman–Crippen LogP) is 3.92. The number of hydrogen-bond donors (Lipinski definition) is 0. The minimum atomic E-state index is -1.01. The van der Waals surface area contributed by atoms with E-state index < -0.39 is 17.8 Å². The summed E-state index contributed by atoms with van der Waals surface area (Å²) in [5.41, 5.74) is 4.34. The molecule has 8 nitrogen and oxygen atoms in total. The maximum Gasteiger partial charge on any atom is 0.318 e. The summed E-state index contributed by atoms with van der Waals surface area (Å²) in [6.07, 6.45) is 0.828. The number of halogens is 1. The molecule has 0 radical (unpaired) electrons. The SMILES string of the molecule is C=C(F)C(=O)N1CCN(c2nc(OC)nc3c2CCN(c2cccc4cccc(C)c24)C3)C[C@@H]1CC#N. The van der Waals surface area contributed by atoms with E-state index in [9.17, 15) is 14.4 Å². The molecule has 0 unspecified atom stereocenters. The Hall–Kier alpha value is -4.19. The average molecular weight is 501 g/mol. The Morgan fingerprint density at radius 3 is 2.70 bits per heavy atom. The molecule has 1 amide bonds. The van der Waals surface area contributed by atoms with Crippen molar-refractivity contribution >= 4 is 28.2 Å². The summed E-state index contributed by atoms with van der Waals surface area (Å²) in [7, 11) is 1.54. The maximum absolute atomic E-state index is 13.6. The number of carbonyl (C=O) groups excluding carboxylic acids is 1. The number of ether oxygens (including phenoxy) is 1. The number of hydrogen-bond acceptors (Lipinski definition) is 7. The first kappa shape index (κ1) is 24.5. The minimum Gasteiger partial charge on any atom is -0.467 e.